The molecule has 0 radical (unpaired) electrons. The largest absolute Gasteiger partial charge is 0.261 e. The van der Waals surface area contributed by atoms with Gasteiger partial charge < -0.3 is 0 Å². The quantitative estimate of drug-likeness (QED) is 0.765. The highest BCUT2D eigenvalue weighted by atomic mass is 35.5. The molecular formula is C11H13ClN4. The van der Waals surface area contributed by atoms with E-state index in [0.717, 1.165) is 24.4 Å². The van der Waals surface area contributed by atoms with Crippen molar-refractivity contribution in [3.8, 4) is 0 Å². The molecule has 0 bridgehead atoms. The number of hydrogen-bond acceptors (Lipinski definition) is 3. The maximum Gasteiger partial charge on any atom is 0.100 e. The third-order valence-electron chi connectivity index (χ3n) is 2.29. The molecule has 2 heterocycles. The lowest BCUT2D eigenvalue weighted by Crippen LogP contribution is -2.03. The Morgan fingerprint density at radius 1 is 1.44 bits per heavy atom. The zero-order valence-electron chi connectivity index (χ0n) is 9.05. The first-order valence-corrected chi connectivity index (χ1v) is 5.63. The SMILES string of the molecule is CC(Cl)c1cn(CCc2ccccn2)nn1. The van der Waals surface area contributed by atoms with Crippen LogP contribution in [0.2, 0.25) is 0 Å². The summed E-state index contributed by atoms with van der Waals surface area (Å²) in [7, 11) is 0. The van der Waals surface area contributed by atoms with Gasteiger partial charge >= 0.3 is 0 Å². The topological polar surface area (TPSA) is 43.6 Å². The number of aromatic nitrogens is 4. The number of hydrogen-bond donors (Lipinski definition) is 0. The number of nitrogens with zero attached hydrogens (tertiary/aromatic N) is 4. The summed E-state index contributed by atoms with van der Waals surface area (Å²) >= 11 is 5.91. The van der Waals surface area contributed by atoms with Gasteiger partial charge in [-0.15, -0.1) is 16.7 Å². The summed E-state index contributed by atoms with van der Waals surface area (Å²) in [5, 5.41) is 7.90. The molecule has 4 nitrogen and oxygen atoms in total. The van der Waals surface area contributed by atoms with E-state index in [1.165, 1.54) is 0 Å². The van der Waals surface area contributed by atoms with Gasteiger partial charge in [0.15, 0.2) is 0 Å². The second-order valence-corrected chi connectivity index (χ2v) is 4.25. The predicted octanol–water partition coefficient (Wildman–Crippen LogP) is 2.22. The van der Waals surface area contributed by atoms with Crippen molar-refractivity contribution in [1.82, 2.24) is 20.0 Å². The highest BCUT2D eigenvalue weighted by molar-refractivity contribution is 6.20. The summed E-state index contributed by atoms with van der Waals surface area (Å²) in [6.07, 6.45) is 4.52. The number of halogens is 1. The van der Waals surface area contributed by atoms with Gasteiger partial charge in [-0.25, -0.2) is 0 Å². The van der Waals surface area contributed by atoms with Crippen LogP contribution < -0.4 is 0 Å². The molecule has 0 saturated heterocycles. The van der Waals surface area contributed by atoms with Crippen molar-refractivity contribution in [1.29, 1.82) is 0 Å². The van der Waals surface area contributed by atoms with E-state index in [1.807, 2.05) is 31.3 Å². The lowest BCUT2D eigenvalue weighted by atomic mass is 10.3. The third kappa shape index (κ3) is 2.79. The van der Waals surface area contributed by atoms with Crippen molar-refractivity contribution in [2.45, 2.75) is 25.3 Å². The van der Waals surface area contributed by atoms with E-state index in [4.69, 9.17) is 11.6 Å². The highest BCUT2D eigenvalue weighted by Crippen LogP contribution is 2.15. The van der Waals surface area contributed by atoms with E-state index in [0.29, 0.717) is 0 Å². The molecule has 0 saturated carbocycles. The average molecular weight is 237 g/mol. The molecule has 1 unspecified atom stereocenters. The van der Waals surface area contributed by atoms with E-state index in [2.05, 4.69) is 15.3 Å². The highest BCUT2D eigenvalue weighted by Gasteiger charge is 2.06. The molecule has 2 rings (SSSR count). The van der Waals surface area contributed by atoms with Crippen LogP contribution in [0.3, 0.4) is 0 Å². The molecule has 0 aliphatic rings. The van der Waals surface area contributed by atoms with Crippen LogP contribution >= 0.6 is 11.6 Å². The van der Waals surface area contributed by atoms with Crippen LogP contribution in [0, 0.1) is 0 Å². The molecule has 0 aliphatic carbocycles. The first-order chi connectivity index (χ1) is 7.75. The summed E-state index contributed by atoms with van der Waals surface area (Å²) < 4.78 is 1.79. The first kappa shape index (κ1) is 11.1. The fourth-order valence-corrected chi connectivity index (χ4v) is 1.48. The maximum absolute atomic E-state index is 5.91. The number of rotatable bonds is 4. The van der Waals surface area contributed by atoms with Crippen molar-refractivity contribution in [3.05, 3.63) is 42.0 Å². The number of pyridine rings is 1. The Kier molecular flexibility index (Phi) is 3.51. The molecule has 1 atom stereocenters. The van der Waals surface area contributed by atoms with Gasteiger partial charge in [-0.1, -0.05) is 11.3 Å². The minimum atomic E-state index is -0.0939. The molecule has 16 heavy (non-hydrogen) atoms. The second-order valence-electron chi connectivity index (χ2n) is 3.59. The summed E-state index contributed by atoms with van der Waals surface area (Å²) in [6.45, 7) is 2.66. The standard InChI is InChI=1S/C11H13ClN4/c1-9(12)11-8-16(15-14-11)7-5-10-4-2-3-6-13-10/h2-4,6,8-9H,5,7H2,1H3. The summed E-state index contributed by atoms with van der Waals surface area (Å²) in [6, 6.07) is 5.89. The summed E-state index contributed by atoms with van der Waals surface area (Å²) in [5.74, 6) is 0. The van der Waals surface area contributed by atoms with Gasteiger partial charge in [0.2, 0.25) is 0 Å². The van der Waals surface area contributed by atoms with Crippen molar-refractivity contribution in [2.75, 3.05) is 0 Å². The van der Waals surface area contributed by atoms with Crippen LogP contribution in [-0.2, 0) is 13.0 Å². The molecule has 2 aromatic rings. The smallest absolute Gasteiger partial charge is 0.100 e. The maximum atomic E-state index is 5.91. The average Bonchev–Trinajstić information content (AvgIpc) is 2.76. The lowest BCUT2D eigenvalue weighted by molar-refractivity contribution is 0.584. The Bertz CT molecular complexity index is 438. The zero-order valence-corrected chi connectivity index (χ0v) is 9.80. The monoisotopic (exact) mass is 236 g/mol. The summed E-state index contributed by atoms with van der Waals surface area (Å²) in [5.41, 5.74) is 1.86. The van der Waals surface area contributed by atoms with Crippen LogP contribution in [0.5, 0.6) is 0 Å². The molecule has 84 valence electrons. The molecule has 0 spiro atoms. The molecule has 0 N–H and O–H groups in total. The molecule has 0 aliphatic heterocycles. The molecular weight excluding hydrogens is 224 g/mol. The minimum Gasteiger partial charge on any atom is -0.261 e. The van der Waals surface area contributed by atoms with Crippen molar-refractivity contribution in [2.24, 2.45) is 0 Å². The van der Waals surface area contributed by atoms with E-state index < -0.39 is 0 Å². The number of aryl methyl sites for hydroxylation is 2. The molecule has 0 fully saturated rings. The van der Waals surface area contributed by atoms with Gasteiger partial charge in [-0.3, -0.25) is 9.67 Å². The van der Waals surface area contributed by atoms with E-state index in [-0.39, 0.29) is 5.38 Å². The van der Waals surface area contributed by atoms with Crippen molar-refractivity contribution in [3.63, 3.8) is 0 Å². The fraction of sp³-hybridized carbons (Fsp3) is 0.364. The minimum absolute atomic E-state index is 0.0939. The molecule has 5 heteroatoms. The van der Waals surface area contributed by atoms with Crippen LogP contribution in [-0.4, -0.2) is 20.0 Å². The Morgan fingerprint density at radius 2 is 2.31 bits per heavy atom. The fourth-order valence-electron chi connectivity index (χ4n) is 1.38. The van der Waals surface area contributed by atoms with Crippen LogP contribution in [0.4, 0.5) is 0 Å². The first-order valence-electron chi connectivity index (χ1n) is 5.19. The Hall–Kier alpha value is -1.42. The molecule has 2 aromatic heterocycles. The van der Waals surface area contributed by atoms with Crippen molar-refractivity contribution >= 4 is 11.6 Å². The van der Waals surface area contributed by atoms with Crippen LogP contribution in [0.25, 0.3) is 0 Å². The van der Waals surface area contributed by atoms with Gasteiger partial charge in [0.25, 0.3) is 0 Å². The van der Waals surface area contributed by atoms with Gasteiger partial charge in [-0.2, -0.15) is 0 Å². The van der Waals surface area contributed by atoms with E-state index in [9.17, 15) is 0 Å². The molecule has 0 amide bonds. The van der Waals surface area contributed by atoms with Crippen LogP contribution in [0.15, 0.2) is 30.6 Å². The van der Waals surface area contributed by atoms with Crippen molar-refractivity contribution < 1.29 is 0 Å². The predicted molar refractivity (Wildman–Crippen MR) is 62.2 cm³/mol. The lowest BCUT2D eigenvalue weighted by Gasteiger charge is -1.99. The van der Waals surface area contributed by atoms with Crippen LogP contribution in [0.1, 0.15) is 23.7 Å². The summed E-state index contributed by atoms with van der Waals surface area (Å²) in [4.78, 5) is 4.25. The van der Waals surface area contributed by atoms with Gasteiger partial charge in [0, 0.05) is 31.1 Å². The van der Waals surface area contributed by atoms with E-state index >= 15 is 0 Å². The second kappa shape index (κ2) is 5.07. The number of alkyl halides is 1. The Morgan fingerprint density at radius 3 is 2.94 bits per heavy atom. The van der Waals surface area contributed by atoms with Gasteiger partial charge in [0.1, 0.15) is 5.69 Å². The normalized spacial score (nSPS) is 12.6. The molecule has 0 aromatic carbocycles. The zero-order chi connectivity index (χ0) is 11.4. The Balaban J connectivity index is 1.95. The van der Waals surface area contributed by atoms with E-state index in [1.54, 1.807) is 10.9 Å². The Labute approximate surface area is 99.3 Å². The van der Waals surface area contributed by atoms with Gasteiger partial charge in [0.05, 0.1) is 5.38 Å². The van der Waals surface area contributed by atoms with Gasteiger partial charge in [-0.05, 0) is 19.1 Å². The third-order valence-corrected chi connectivity index (χ3v) is 2.51.